The molecule has 4 rings (SSSR count). The molecule has 1 N–H and O–H groups in total. The fourth-order valence-electron chi connectivity index (χ4n) is 4.09. The molecule has 2 heterocycles. The third-order valence-corrected chi connectivity index (χ3v) is 5.93. The molecule has 0 unspecified atom stereocenters. The zero-order chi connectivity index (χ0) is 27.1. The van der Waals surface area contributed by atoms with Gasteiger partial charge in [0, 0.05) is 5.69 Å². The van der Waals surface area contributed by atoms with Gasteiger partial charge in [0.25, 0.3) is 5.56 Å². The molecule has 13 heteroatoms. The van der Waals surface area contributed by atoms with E-state index in [1.165, 1.54) is 30.0 Å². The summed E-state index contributed by atoms with van der Waals surface area (Å²) in [5, 5.41) is 9.08. The number of ether oxygens (including phenoxy) is 2. The molecule has 37 heavy (non-hydrogen) atoms. The van der Waals surface area contributed by atoms with E-state index in [-0.39, 0.29) is 23.4 Å². The lowest BCUT2D eigenvalue weighted by Gasteiger charge is -2.18. The second kappa shape index (κ2) is 9.48. The van der Waals surface area contributed by atoms with E-state index in [0.29, 0.717) is 22.4 Å². The average molecular weight is 519 g/mol. The van der Waals surface area contributed by atoms with Crippen LogP contribution in [-0.2, 0) is 17.5 Å². The fraction of sp³-hybridized carbons (Fsp3) is 0.250. The molecule has 1 aliphatic heterocycles. The molecular formula is C24H20F3N3O7. The number of cyclic esters (lactones) is 1. The second-order valence-corrected chi connectivity index (χ2v) is 8.23. The van der Waals surface area contributed by atoms with Crippen molar-refractivity contribution in [3.8, 4) is 11.4 Å². The highest BCUT2D eigenvalue weighted by Crippen LogP contribution is 2.33. The molecule has 1 aromatic heterocycles. The summed E-state index contributed by atoms with van der Waals surface area (Å²) in [5.74, 6) is -0.719. The lowest BCUT2D eigenvalue weighted by atomic mass is 10.0. The van der Waals surface area contributed by atoms with Crippen LogP contribution < -0.4 is 20.9 Å². The van der Waals surface area contributed by atoms with Crippen molar-refractivity contribution in [3.63, 3.8) is 0 Å². The average Bonchev–Trinajstić information content (AvgIpc) is 3.24. The van der Waals surface area contributed by atoms with Crippen molar-refractivity contribution in [1.82, 2.24) is 9.13 Å². The Hall–Kier alpha value is -4.55. The predicted octanol–water partition coefficient (Wildman–Crippen LogP) is 3.70. The summed E-state index contributed by atoms with van der Waals surface area (Å²) in [6, 6.07) is 7.97. The van der Waals surface area contributed by atoms with E-state index in [0.717, 1.165) is 22.9 Å². The SMILES string of the molecule is Cc1cc(N2CCOC2=O)ccc1-n1cc(OC(=O)O)c(=O)n(Cc2cccc(C(F)(F)F)c2C)c1=O. The van der Waals surface area contributed by atoms with Crippen molar-refractivity contribution in [2.24, 2.45) is 0 Å². The number of carbonyl (C=O) groups excluding carboxylic acids is 1. The van der Waals surface area contributed by atoms with E-state index in [1.807, 2.05) is 0 Å². The smallest absolute Gasteiger partial charge is 0.449 e. The Labute approximate surface area is 206 Å². The molecular weight excluding hydrogens is 499 g/mol. The number of anilines is 1. The van der Waals surface area contributed by atoms with Crippen LogP contribution in [0.4, 0.5) is 28.4 Å². The number of benzene rings is 2. The lowest BCUT2D eigenvalue weighted by molar-refractivity contribution is -0.138. The number of amides is 1. The predicted molar refractivity (Wildman–Crippen MR) is 124 cm³/mol. The maximum atomic E-state index is 13.4. The molecule has 1 fully saturated rings. The number of alkyl halides is 3. The number of aromatic nitrogens is 2. The molecule has 0 atom stereocenters. The van der Waals surface area contributed by atoms with Gasteiger partial charge < -0.3 is 14.6 Å². The van der Waals surface area contributed by atoms with E-state index in [1.54, 1.807) is 13.0 Å². The van der Waals surface area contributed by atoms with Crippen molar-refractivity contribution >= 4 is 17.9 Å². The van der Waals surface area contributed by atoms with Gasteiger partial charge in [-0.3, -0.25) is 18.8 Å². The van der Waals surface area contributed by atoms with Crippen LogP contribution in [0.5, 0.6) is 5.75 Å². The van der Waals surface area contributed by atoms with Crippen LogP contribution in [0.3, 0.4) is 0 Å². The highest BCUT2D eigenvalue weighted by atomic mass is 19.4. The van der Waals surface area contributed by atoms with Crippen LogP contribution in [0.15, 0.2) is 52.2 Å². The number of halogens is 3. The molecule has 0 bridgehead atoms. The quantitative estimate of drug-likeness (QED) is 0.511. The topological polar surface area (TPSA) is 120 Å². The van der Waals surface area contributed by atoms with E-state index in [4.69, 9.17) is 9.84 Å². The van der Waals surface area contributed by atoms with E-state index >= 15 is 0 Å². The summed E-state index contributed by atoms with van der Waals surface area (Å²) in [5.41, 5.74) is -1.95. The van der Waals surface area contributed by atoms with Crippen LogP contribution >= 0.6 is 0 Å². The molecule has 0 spiro atoms. The van der Waals surface area contributed by atoms with Crippen molar-refractivity contribution in [3.05, 3.63) is 85.7 Å². The zero-order valence-electron chi connectivity index (χ0n) is 19.5. The van der Waals surface area contributed by atoms with E-state index in [9.17, 15) is 32.3 Å². The molecule has 0 aliphatic carbocycles. The van der Waals surface area contributed by atoms with Crippen molar-refractivity contribution in [2.75, 3.05) is 18.1 Å². The van der Waals surface area contributed by atoms with E-state index in [2.05, 4.69) is 4.74 Å². The Kier molecular flexibility index (Phi) is 6.55. The van der Waals surface area contributed by atoms with Gasteiger partial charge in [0.1, 0.15) is 6.61 Å². The largest absolute Gasteiger partial charge is 0.511 e. The van der Waals surface area contributed by atoms with Crippen LogP contribution in [0.1, 0.15) is 22.3 Å². The highest BCUT2D eigenvalue weighted by molar-refractivity contribution is 5.89. The molecule has 194 valence electrons. The van der Waals surface area contributed by atoms with Gasteiger partial charge in [-0.05, 0) is 54.8 Å². The number of nitrogens with zero attached hydrogens (tertiary/aromatic N) is 3. The number of carboxylic acid groups (broad SMARTS) is 1. The van der Waals surface area contributed by atoms with Gasteiger partial charge in [0.15, 0.2) is 0 Å². The van der Waals surface area contributed by atoms with Gasteiger partial charge in [0.2, 0.25) is 5.75 Å². The number of hydrogen-bond donors (Lipinski definition) is 1. The van der Waals surface area contributed by atoms with Crippen LogP contribution in [0.25, 0.3) is 5.69 Å². The number of hydrogen-bond acceptors (Lipinski definition) is 6. The summed E-state index contributed by atoms with van der Waals surface area (Å²) in [4.78, 5) is 50.8. The van der Waals surface area contributed by atoms with E-state index < -0.39 is 47.5 Å². The van der Waals surface area contributed by atoms with Gasteiger partial charge in [0.05, 0.1) is 30.5 Å². The number of carbonyl (C=O) groups is 2. The van der Waals surface area contributed by atoms with Gasteiger partial charge in [-0.2, -0.15) is 13.2 Å². The first-order valence-corrected chi connectivity index (χ1v) is 10.9. The van der Waals surface area contributed by atoms with Crippen LogP contribution in [0, 0.1) is 13.8 Å². The molecule has 0 saturated carbocycles. The lowest BCUT2D eigenvalue weighted by Crippen LogP contribution is -2.40. The third-order valence-electron chi connectivity index (χ3n) is 5.93. The van der Waals surface area contributed by atoms with Gasteiger partial charge in [-0.1, -0.05) is 12.1 Å². The number of aryl methyl sites for hydroxylation is 1. The fourth-order valence-corrected chi connectivity index (χ4v) is 4.09. The minimum absolute atomic E-state index is 0.0349. The monoisotopic (exact) mass is 519 g/mol. The Balaban J connectivity index is 1.86. The number of rotatable bonds is 5. The summed E-state index contributed by atoms with van der Waals surface area (Å²) >= 11 is 0. The molecule has 10 nitrogen and oxygen atoms in total. The molecule has 1 aliphatic rings. The summed E-state index contributed by atoms with van der Waals surface area (Å²) in [6.07, 6.45) is -6.10. The molecule has 1 saturated heterocycles. The first-order valence-electron chi connectivity index (χ1n) is 10.9. The highest BCUT2D eigenvalue weighted by Gasteiger charge is 2.33. The first kappa shape index (κ1) is 25.5. The minimum atomic E-state index is -4.65. The Bertz CT molecular complexity index is 1530. The van der Waals surface area contributed by atoms with Gasteiger partial charge in [-0.15, -0.1) is 0 Å². The van der Waals surface area contributed by atoms with Crippen LogP contribution in [0.2, 0.25) is 0 Å². The van der Waals surface area contributed by atoms with Crippen molar-refractivity contribution < 1.29 is 37.3 Å². The first-order chi connectivity index (χ1) is 17.4. The molecule has 3 aromatic rings. The van der Waals surface area contributed by atoms with Crippen molar-refractivity contribution in [1.29, 1.82) is 0 Å². The van der Waals surface area contributed by atoms with Crippen LogP contribution in [-0.4, -0.2) is 39.6 Å². The summed E-state index contributed by atoms with van der Waals surface area (Å²) in [6.45, 7) is 2.81. The zero-order valence-corrected chi connectivity index (χ0v) is 19.5. The van der Waals surface area contributed by atoms with Gasteiger partial charge >= 0.3 is 24.1 Å². The minimum Gasteiger partial charge on any atom is -0.449 e. The molecule has 0 radical (unpaired) electrons. The molecule has 1 amide bonds. The van der Waals surface area contributed by atoms with Crippen molar-refractivity contribution in [2.45, 2.75) is 26.6 Å². The standard InChI is InChI=1S/C24H20F3N3O7/c1-13-10-16(28-8-9-36-22(28)33)6-7-18(13)29-12-19(37-23(34)35)20(31)30(21(29)32)11-15-4-3-5-17(14(15)2)24(25,26)27/h3-7,10,12H,8-9,11H2,1-2H3,(H,34,35). The Morgan fingerprint density at radius 2 is 1.86 bits per heavy atom. The Morgan fingerprint density at radius 1 is 1.14 bits per heavy atom. The summed E-state index contributed by atoms with van der Waals surface area (Å²) in [7, 11) is 0. The maximum Gasteiger partial charge on any atom is 0.511 e. The summed E-state index contributed by atoms with van der Waals surface area (Å²) < 4.78 is 51.2. The normalized spacial score (nSPS) is 13.5. The van der Waals surface area contributed by atoms with Gasteiger partial charge in [-0.25, -0.2) is 14.4 Å². The second-order valence-electron chi connectivity index (χ2n) is 8.23. The Morgan fingerprint density at radius 3 is 2.46 bits per heavy atom. The third kappa shape index (κ3) is 4.92. The molecule has 2 aromatic carbocycles. The maximum absolute atomic E-state index is 13.4.